The average Bonchev–Trinajstić information content (AvgIpc) is 2.53. The molecule has 0 saturated carbocycles. The van der Waals surface area contributed by atoms with Gasteiger partial charge >= 0.3 is 11.6 Å². The molecule has 1 aromatic carbocycles. The Morgan fingerprint density at radius 1 is 1.35 bits per heavy atom. The van der Waals surface area contributed by atoms with Crippen molar-refractivity contribution in [2.24, 2.45) is 0 Å². The summed E-state index contributed by atoms with van der Waals surface area (Å²) in [6, 6.07) is 1.10. The van der Waals surface area contributed by atoms with Gasteiger partial charge in [-0.25, -0.2) is 13.2 Å². The van der Waals surface area contributed by atoms with Crippen molar-refractivity contribution in [3.8, 4) is 0 Å². The molecule has 0 aliphatic carbocycles. The summed E-state index contributed by atoms with van der Waals surface area (Å²) in [7, 11) is -5.69. The summed E-state index contributed by atoms with van der Waals surface area (Å²) in [6.07, 6.45) is 1.11. The molecule has 2 rings (SSSR count). The summed E-state index contributed by atoms with van der Waals surface area (Å²) in [5.74, 6) is 0. The third-order valence-electron chi connectivity index (χ3n) is 3.92. The molecular weight excluding hydrogens is 418 g/mol. The second-order valence-corrected chi connectivity index (χ2v) is 8.39. The van der Waals surface area contributed by atoms with Crippen LogP contribution in [0, 0.1) is 0 Å². The summed E-state index contributed by atoms with van der Waals surface area (Å²) in [6.45, 7) is 2.38. The highest BCUT2D eigenvalue weighted by Gasteiger charge is 2.49. The number of hydrogen-bond donors (Lipinski definition) is 0. The van der Waals surface area contributed by atoms with Crippen LogP contribution in [-0.4, -0.2) is 38.1 Å². The first-order valence-corrected chi connectivity index (χ1v) is 9.97. The van der Waals surface area contributed by atoms with Gasteiger partial charge in [0.05, 0.1) is 16.7 Å². The van der Waals surface area contributed by atoms with Gasteiger partial charge in [0.1, 0.15) is 4.90 Å². The second kappa shape index (κ2) is 7.82. The molecule has 1 amide bonds. The topological polar surface area (TPSA) is 63.7 Å². The fraction of sp³-hybridized carbons (Fsp3) is 0.533. The Labute approximate surface area is 158 Å². The van der Waals surface area contributed by atoms with Crippen LogP contribution < -0.4 is 0 Å². The molecule has 5 nitrogen and oxygen atoms in total. The molecule has 0 saturated heterocycles. The van der Waals surface area contributed by atoms with Crippen molar-refractivity contribution >= 4 is 39.1 Å². The van der Waals surface area contributed by atoms with Gasteiger partial charge in [-0.2, -0.15) is 13.2 Å². The number of rotatable bonds is 4. The summed E-state index contributed by atoms with van der Waals surface area (Å²) < 4.78 is 67.1. The molecule has 1 aliphatic rings. The van der Waals surface area contributed by atoms with Crippen molar-refractivity contribution in [1.82, 2.24) is 4.90 Å². The van der Waals surface area contributed by atoms with E-state index in [1.54, 1.807) is 0 Å². The number of halogens is 5. The van der Waals surface area contributed by atoms with Gasteiger partial charge in [0, 0.05) is 13.1 Å². The van der Waals surface area contributed by atoms with Crippen LogP contribution in [0.15, 0.2) is 11.0 Å². The summed E-state index contributed by atoms with van der Waals surface area (Å²) in [4.78, 5) is 12.2. The Balaban J connectivity index is 2.34. The molecule has 1 aromatic rings. The van der Waals surface area contributed by atoms with E-state index >= 15 is 0 Å². The fourth-order valence-corrected chi connectivity index (χ4v) is 4.65. The van der Waals surface area contributed by atoms with Crippen LogP contribution >= 0.6 is 23.2 Å². The zero-order valence-corrected chi connectivity index (χ0v) is 16.0. The highest BCUT2D eigenvalue weighted by atomic mass is 35.5. The molecule has 0 radical (unpaired) electrons. The predicted molar refractivity (Wildman–Crippen MR) is 90.1 cm³/mol. The van der Waals surface area contributed by atoms with Crippen LogP contribution in [0.2, 0.25) is 10.0 Å². The van der Waals surface area contributed by atoms with E-state index in [4.69, 9.17) is 27.9 Å². The van der Waals surface area contributed by atoms with Gasteiger partial charge in [-0.05, 0) is 30.0 Å². The lowest BCUT2D eigenvalue weighted by Gasteiger charge is -2.29. The third kappa shape index (κ3) is 4.04. The molecule has 0 spiro atoms. The van der Waals surface area contributed by atoms with E-state index in [0.717, 1.165) is 12.5 Å². The molecule has 0 atom stereocenters. The van der Waals surface area contributed by atoms with Gasteiger partial charge in [0.25, 0.3) is 9.84 Å². The normalized spacial score (nSPS) is 14.9. The average molecular weight is 434 g/mol. The zero-order valence-electron chi connectivity index (χ0n) is 13.7. The number of alkyl halides is 3. The smallest absolute Gasteiger partial charge is 0.449 e. The molecule has 146 valence electrons. The standard InChI is InChI=1S/C15H16Cl2F3NO4S/c1-2-3-6-25-14(22)21-5-4-10-9(8-21)7-11(16)13(12(10)17)26(23,24)15(18,19)20/h7H,2-6,8H2,1H3. The van der Waals surface area contributed by atoms with Crippen molar-refractivity contribution in [3.63, 3.8) is 0 Å². The van der Waals surface area contributed by atoms with Crippen LogP contribution in [0.4, 0.5) is 18.0 Å². The molecular formula is C15H16Cl2F3NO4S. The Morgan fingerprint density at radius 3 is 2.58 bits per heavy atom. The minimum Gasteiger partial charge on any atom is -0.449 e. The summed E-state index contributed by atoms with van der Waals surface area (Å²) in [5.41, 5.74) is -4.89. The van der Waals surface area contributed by atoms with E-state index < -0.39 is 36.4 Å². The zero-order chi connectivity index (χ0) is 19.7. The number of carbonyl (C=O) groups excluding carboxylic acids is 1. The number of sulfone groups is 1. The Morgan fingerprint density at radius 2 is 2.00 bits per heavy atom. The molecule has 0 bridgehead atoms. The van der Waals surface area contributed by atoms with Crippen LogP contribution in [0.25, 0.3) is 0 Å². The summed E-state index contributed by atoms with van der Waals surface area (Å²) in [5, 5.41) is -1.18. The first kappa shape index (κ1) is 21.1. The van der Waals surface area contributed by atoms with Crippen molar-refractivity contribution in [2.45, 2.75) is 43.1 Å². The maximum absolute atomic E-state index is 12.9. The number of amides is 1. The molecule has 1 aliphatic heterocycles. The number of unbranched alkanes of at least 4 members (excludes halogenated alkanes) is 1. The van der Waals surface area contributed by atoms with Gasteiger partial charge < -0.3 is 9.64 Å². The summed E-state index contributed by atoms with van der Waals surface area (Å²) >= 11 is 11.7. The van der Waals surface area contributed by atoms with Crippen LogP contribution in [0.1, 0.15) is 30.9 Å². The van der Waals surface area contributed by atoms with Gasteiger partial charge in [-0.15, -0.1) is 0 Å². The lowest BCUT2D eigenvalue weighted by molar-refractivity contribution is -0.0436. The van der Waals surface area contributed by atoms with Crippen molar-refractivity contribution in [3.05, 3.63) is 27.2 Å². The SMILES string of the molecule is CCCCOC(=O)N1CCc2c(cc(Cl)c(S(=O)(=O)C(F)(F)F)c2Cl)C1. The Bertz CT molecular complexity index is 812. The van der Waals surface area contributed by atoms with Gasteiger partial charge in [0.2, 0.25) is 0 Å². The number of carbonyl (C=O) groups is 1. The molecule has 11 heteroatoms. The highest BCUT2D eigenvalue weighted by Crippen LogP contribution is 2.42. The third-order valence-corrected chi connectivity index (χ3v) is 6.43. The van der Waals surface area contributed by atoms with Crippen molar-refractivity contribution < 1.29 is 31.1 Å². The number of nitrogens with zero attached hydrogens (tertiary/aromatic N) is 1. The van der Waals surface area contributed by atoms with Crippen LogP contribution in [0.5, 0.6) is 0 Å². The van der Waals surface area contributed by atoms with Crippen LogP contribution in [0.3, 0.4) is 0 Å². The number of fused-ring (bicyclic) bond motifs is 1. The van der Waals surface area contributed by atoms with E-state index in [1.807, 2.05) is 6.92 Å². The van der Waals surface area contributed by atoms with E-state index in [1.165, 1.54) is 4.90 Å². The highest BCUT2D eigenvalue weighted by molar-refractivity contribution is 7.92. The van der Waals surface area contributed by atoms with Gasteiger partial charge in [0.15, 0.2) is 0 Å². The second-order valence-electron chi connectivity index (χ2n) is 5.73. The van der Waals surface area contributed by atoms with E-state index in [2.05, 4.69) is 0 Å². The number of benzene rings is 1. The molecule has 0 fully saturated rings. The minimum atomic E-state index is -5.69. The lowest BCUT2D eigenvalue weighted by Crippen LogP contribution is -2.37. The van der Waals surface area contributed by atoms with E-state index in [-0.39, 0.29) is 31.7 Å². The first-order chi connectivity index (χ1) is 12.0. The lowest BCUT2D eigenvalue weighted by atomic mass is 10.00. The Hall–Kier alpha value is -1.19. The fourth-order valence-electron chi connectivity index (χ4n) is 2.54. The van der Waals surface area contributed by atoms with Gasteiger partial charge in [-0.3, -0.25) is 0 Å². The first-order valence-electron chi connectivity index (χ1n) is 7.73. The predicted octanol–water partition coefficient (Wildman–Crippen LogP) is 4.58. The maximum atomic E-state index is 12.9. The van der Waals surface area contributed by atoms with Crippen molar-refractivity contribution in [1.29, 1.82) is 0 Å². The van der Waals surface area contributed by atoms with E-state index in [9.17, 15) is 26.4 Å². The van der Waals surface area contributed by atoms with Crippen molar-refractivity contribution in [2.75, 3.05) is 13.2 Å². The quantitative estimate of drug-likeness (QED) is 0.651. The van der Waals surface area contributed by atoms with Gasteiger partial charge in [-0.1, -0.05) is 36.5 Å². The van der Waals surface area contributed by atoms with E-state index in [0.29, 0.717) is 12.0 Å². The molecule has 0 aromatic heterocycles. The molecule has 0 N–H and O–H groups in total. The maximum Gasteiger partial charge on any atom is 0.502 e. The largest absolute Gasteiger partial charge is 0.502 e. The minimum absolute atomic E-state index is 0.0199. The monoisotopic (exact) mass is 433 g/mol. The molecule has 0 unspecified atom stereocenters. The number of hydrogen-bond acceptors (Lipinski definition) is 4. The Kier molecular flexibility index (Phi) is 6.35. The molecule has 26 heavy (non-hydrogen) atoms. The number of ether oxygens (including phenoxy) is 1. The van der Waals surface area contributed by atoms with Crippen LogP contribution in [-0.2, 0) is 27.5 Å². The molecule has 1 heterocycles.